The van der Waals surface area contributed by atoms with Crippen LogP contribution in [-0.4, -0.2) is 125 Å². The molecule has 0 unspecified atom stereocenters. The summed E-state index contributed by atoms with van der Waals surface area (Å²) < 4.78 is 13.6. The average molecular weight is 278 g/mol. The van der Waals surface area contributed by atoms with Crippen LogP contribution in [0.4, 0.5) is 4.39 Å². The first-order chi connectivity index (χ1) is 6.49. The second-order valence-corrected chi connectivity index (χ2v) is 2.63. The molecule has 0 amide bonds. The molecule has 0 aromatic heterocycles. The molecule has 0 aliphatic heterocycles. The van der Waals surface area contributed by atoms with Gasteiger partial charge in [0.25, 0.3) is 0 Å². The van der Waals surface area contributed by atoms with Crippen molar-refractivity contribution in [3.8, 4) is 0 Å². The van der Waals surface area contributed by atoms with Crippen molar-refractivity contribution in [1.29, 1.82) is 0 Å². The van der Waals surface area contributed by atoms with Gasteiger partial charge in [-0.3, -0.25) is 0 Å². The SMILES string of the molecule is O=C(O)C(F)(C(=O)O)c1ccccc1.[KH].[KH]. The number of rotatable bonds is 3. The van der Waals surface area contributed by atoms with Gasteiger partial charge in [-0.25, -0.2) is 14.0 Å². The van der Waals surface area contributed by atoms with Crippen LogP contribution in [0, 0.1) is 0 Å². The molecule has 1 aromatic carbocycles. The number of benzene rings is 1. The van der Waals surface area contributed by atoms with Gasteiger partial charge in [-0.15, -0.1) is 0 Å². The fourth-order valence-electron chi connectivity index (χ4n) is 1.01. The Morgan fingerprint density at radius 1 is 1.00 bits per heavy atom. The molecule has 78 valence electrons. The fourth-order valence-corrected chi connectivity index (χ4v) is 1.01. The van der Waals surface area contributed by atoms with Gasteiger partial charge in [-0.1, -0.05) is 30.3 Å². The van der Waals surface area contributed by atoms with E-state index in [0.29, 0.717) is 0 Å². The topological polar surface area (TPSA) is 74.6 Å². The van der Waals surface area contributed by atoms with Crippen LogP contribution < -0.4 is 0 Å². The van der Waals surface area contributed by atoms with Gasteiger partial charge in [0.2, 0.25) is 0 Å². The molecule has 0 aliphatic carbocycles. The van der Waals surface area contributed by atoms with E-state index >= 15 is 0 Å². The molecule has 4 nitrogen and oxygen atoms in total. The molecule has 7 heteroatoms. The Morgan fingerprint density at radius 2 is 1.38 bits per heavy atom. The van der Waals surface area contributed by atoms with Crippen molar-refractivity contribution in [1.82, 2.24) is 0 Å². The van der Waals surface area contributed by atoms with Crippen molar-refractivity contribution < 1.29 is 24.2 Å². The first kappa shape index (κ1) is 19.7. The standard InChI is InChI=1S/C9H7FO4.2K.2H/c10-9(7(11)12,8(13)14)6-4-2-1-3-5-6;;;;/h1-5H,(H,11,12)(H,13,14);;;;. The van der Waals surface area contributed by atoms with Gasteiger partial charge in [0.1, 0.15) is 0 Å². The van der Waals surface area contributed by atoms with Crippen LogP contribution >= 0.6 is 0 Å². The number of hydrogen-bond donors (Lipinski definition) is 2. The van der Waals surface area contributed by atoms with E-state index in [1.165, 1.54) is 18.2 Å². The van der Waals surface area contributed by atoms with Crippen LogP contribution in [0.15, 0.2) is 30.3 Å². The molecule has 2 N–H and O–H groups in total. The Balaban J connectivity index is 0. The van der Waals surface area contributed by atoms with E-state index in [-0.39, 0.29) is 103 Å². The fraction of sp³-hybridized carbons (Fsp3) is 0.111. The predicted octanol–water partition coefficient (Wildman–Crippen LogP) is -0.276. The van der Waals surface area contributed by atoms with Crippen molar-refractivity contribution in [2.24, 2.45) is 0 Å². The first-order valence-corrected chi connectivity index (χ1v) is 3.71. The van der Waals surface area contributed by atoms with Crippen LogP contribution in [0.3, 0.4) is 0 Å². The normalized spacial score (nSPS) is 9.56. The Hall–Kier alpha value is 1.36. The summed E-state index contributed by atoms with van der Waals surface area (Å²) in [6.07, 6.45) is 0. The Labute approximate surface area is 176 Å². The quantitative estimate of drug-likeness (QED) is 0.589. The number of carboxylic acid groups (broad SMARTS) is 2. The summed E-state index contributed by atoms with van der Waals surface area (Å²) in [7, 11) is 0. The first-order valence-electron chi connectivity index (χ1n) is 3.71. The van der Waals surface area contributed by atoms with Gasteiger partial charge >= 0.3 is 120 Å². The summed E-state index contributed by atoms with van der Waals surface area (Å²) in [6, 6.07) is 6.50. The van der Waals surface area contributed by atoms with E-state index in [0.717, 1.165) is 12.1 Å². The van der Waals surface area contributed by atoms with Gasteiger partial charge in [0.05, 0.1) is 0 Å². The third kappa shape index (κ3) is 4.23. The van der Waals surface area contributed by atoms with Gasteiger partial charge in [0.15, 0.2) is 0 Å². The third-order valence-electron chi connectivity index (χ3n) is 1.76. The minimum atomic E-state index is -3.37. The molecular formula is C9H9FK2O4. The Bertz CT molecular complexity index is 355. The number of aliphatic carboxylic acids is 2. The summed E-state index contributed by atoms with van der Waals surface area (Å²) in [5.41, 5.74) is -3.78. The van der Waals surface area contributed by atoms with E-state index in [2.05, 4.69) is 0 Å². The number of carboxylic acids is 2. The van der Waals surface area contributed by atoms with Crippen LogP contribution in [0.5, 0.6) is 0 Å². The number of hydrogen-bond acceptors (Lipinski definition) is 2. The number of halogens is 1. The monoisotopic (exact) mass is 278 g/mol. The average Bonchev–Trinajstić information content (AvgIpc) is 2.17. The molecular weight excluding hydrogens is 269 g/mol. The minimum absolute atomic E-state index is 0. The zero-order valence-corrected chi connectivity index (χ0v) is 6.98. The molecule has 0 heterocycles. The van der Waals surface area contributed by atoms with Crippen molar-refractivity contribution in [3.63, 3.8) is 0 Å². The number of carbonyl (C=O) groups is 2. The maximum absolute atomic E-state index is 13.6. The molecule has 0 fully saturated rings. The summed E-state index contributed by atoms with van der Waals surface area (Å²) in [5, 5.41) is 17.0. The van der Waals surface area contributed by atoms with Crippen LogP contribution in [0.1, 0.15) is 5.56 Å². The van der Waals surface area contributed by atoms with Crippen LogP contribution in [0.25, 0.3) is 0 Å². The van der Waals surface area contributed by atoms with Gasteiger partial charge in [-0.2, -0.15) is 0 Å². The van der Waals surface area contributed by atoms with E-state index < -0.39 is 23.2 Å². The molecule has 0 aliphatic rings. The Morgan fingerprint density at radius 3 is 1.69 bits per heavy atom. The molecule has 16 heavy (non-hydrogen) atoms. The van der Waals surface area contributed by atoms with E-state index in [4.69, 9.17) is 10.2 Å². The molecule has 0 atom stereocenters. The molecule has 1 rings (SSSR count). The van der Waals surface area contributed by atoms with Crippen LogP contribution in [-0.2, 0) is 15.3 Å². The predicted molar refractivity (Wildman–Crippen MR) is 58.8 cm³/mol. The van der Waals surface area contributed by atoms with Crippen LogP contribution in [0.2, 0.25) is 0 Å². The van der Waals surface area contributed by atoms with Gasteiger partial charge < -0.3 is 10.2 Å². The summed E-state index contributed by atoms with van der Waals surface area (Å²) >= 11 is 0. The maximum atomic E-state index is 13.6. The van der Waals surface area contributed by atoms with Gasteiger partial charge in [0, 0.05) is 5.56 Å². The zero-order chi connectivity index (χ0) is 10.8. The summed E-state index contributed by atoms with van der Waals surface area (Å²) in [4.78, 5) is 21.0. The second kappa shape index (κ2) is 8.46. The van der Waals surface area contributed by atoms with E-state index in [1.807, 2.05) is 0 Å². The summed E-state index contributed by atoms with van der Waals surface area (Å²) in [5.74, 6) is -4.06. The molecule has 0 saturated heterocycles. The molecule has 0 radical (unpaired) electrons. The van der Waals surface area contributed by atoms with Gasteiger partial charge in [-0.05, 0) is 0 Å². The van der Waals surface area contributed by atoms with Crippen molar-refractivity contribution in [2.45, 2.75) is 5.67 Å². The Kier molecular flexibility index (Phi) is 10.4. The van der Waals surface area contributed by atoms with Crippen molar-refractivity contribution in [2.75, 3.05) is 0 Å². The molecule has 0 saturated carbocycles. The molecule has 1 aromatic rings. The number of alkyl halides is 1. The summed E-state index contributed by atoms with van der Waals surface area (Å²) in [6.45, 7) is 0. The molecule has 0 spiro atoms. The second-order valence-electron chi connectivity index (χ2n) is 2.63. The zero-order valence-electron chi connectivity index (χ0n) is 6.98. The van der Waals surface area contributed by atoms with Crippen molar-refractivity contribution >= 4 is 115 Å². The van der Waals surface area contributed by atoms with Crippen molar-refractivity contribution in [3.05, 3.63) is 35.9 Å². The van der Waals surface area contributed by atoms with E-state index in [9.17, 15) is 14.0 Å². The van der Waals surface area contributed by atoms with E-state index in [1.54, 1.807) is 0 Å². The molecule has 0 bridgehead atoms. The third-order valence-corrected chi connectivity index (χ3v) is 1.76.